The molecule has 8 heteroatoms. The fraction of sp³-hybridized carbons (Fsp3) is 0.278. The van der Waals surface area contributed by atoms with Crippen molar-refractivity contribution in [2.24, 2.45) is 5.73 Å². The Labute approximate surface area is 155 Å². The highest BCUT2D eigenvalue weighted by molar-refractivity contribution is 7.10. The Bertz CT molecular complexity index is 905. The molecule has 1 aliphatic rings. The van der Waals surface area contributed by atoms with E-state index in [9.17, 15) is 4.79 Å². The van der Waals surface area contributed by atoms with Gasteiger partial charge >= 0.3 is 0 Å². The van der Waals surface area contributed by atoms with Crippen LogP contribution in [-0.2, 0) is 0 Å². The number of nitrogens with two attached hydrogens (primary N) is 1. The van der Waals surface area contributed by atoms with Crippen molar-refractivity contribution in [3.8, 4) is 11.3 Å². The maximum absolute atomic E-state index is 11.6. The third-order valence-corrected chi connectivity index (χ3v) is 5.56. The molecule has 1 fully saturated rings. The van der Waals surface area contributed by atoms with Crippen molar-refractivity contribution in [3.63, 3.8) is 0 Å². The SMILES string of the molecule is NC(=O)c1nccnc1N1CCC(c2nc(-c3ccncc3)cs2)CC1. The summed E-state index contributed by atoms with van der Waals surface area (Å²) in [6.07, 6.45) is 8.56. The van der Waals surface area contributed by atoms with Crippen molar-refractivity contribution >= 4 is 23.1 Å². The number of amides is 1. The molecule has 3 aromatic heterocycles. The van der Waals surface area contributed by atoms with Crippen LogP contribution < -0.4 is 10.6 Å². The van der Waals surface area contributed by atoms with E-state index in [-0.39, 0.29) is 5.69 Å². The molecule has 7 nitrogen and oxygen atoms in total. The van der Waals surface area contributed by atoms with Gasteiger partial charge in [-0.15, -0.1) is 11.3 Å². The van der Waals surface area contributed by atoms with Crippen molar-refractivity contribution in [1.82, 2.24) is 19.9 Å². The number of pyridine rings is 1. The van der Waals surface area contributed by atoms with Crippen LogP contribution in [0.25, 0.3) is 11.3 Å². The molecule has 1 saturated heterocycles. The minimum absolute atomic E-state index is 0.236. The first-order valence-electron chi connectivity index (χ1n) is 8.44. The van der Waals surface area contributed by atoms with Gasteiger partial charge in [0.1, 0.15) is 0 Å². The van der Waals surface area contributed by atoms with Gasteiger partial charge < -0.3 is 10.6 Å². The average molecular weight is 366 g/mol. The van der Waals surface area contributed by atoms with E-state index in [4.69, 9.17) is 10.7 Å². The smallest absolute Gasteiger partial charge is 0.271 e. The Morgan fingerprint density at radius 2 is 1.85 bits per heavy atom. The molecular formula is C18H18N6OS. The largest absolute Gasteiger partial charge is 0.364 e. The zero-order valence-corrected chi connectivity index (χ0v) is 14.9. The molecule has 26 heavy (non-hydrogen) atoms. The average Bonchev–Trinajstić information content (AvgIpc) is 3.19. The van der Waals surface area contributed by atoms with Crippen LogP contribution in [0.2, 0.25) is 0 Å². The van der Waals surface area contributed by atoms with Gasteiger partial charge in [0.05, 0.1) is 10.7 Å². The van der Waals surface area contributed by atoms with Crippen LogP contribution in [0.1, 0.15) is 34.3 Å². The van der Waals surface area contributed by atoms with E-state index in [1.165, 1.54) is 6.20 Å². The molecule has 1 amide bonds. The highest BCUT2D eigenvalue weighted by Crippen LogP contribution is 2.34. The molecule has 2 N–H and O–H groups in total. The lowest BCUT2D eigenvalue weighted by atomic mass is 9.97. The van der Waals surface area contributed by atoms with Gasteiger partial charge in [-0.3, -0.25) is 9.78 Å². The highest BCUT2D eigenvalue weighted by atomic mass is 32.1. The number of rotatable bonds is 4. The van der Waals surface area contributed by atoms with Gasteiger partial charge in [-0.25, -0.2) is 15.0 Å². The maximum Gasteiger partial charge on any atom is 0.271 e. The molecule has 0 radical (unpaired) electrons. The molecule has 4 heterocycles. The molecule has 4 rings (SSSR count). The first-order valence-corrected chi connectivity index (χ1v) is 9.32. The van der Waals surface area contributed by atoms with E-state index in [2.05, 4.69) is 25.2 Å². The quantitative estimate of drug-likeness (QED) is 0.762. The Balaban J connectivity index is 1.46. The summed E-state index contributed by atoms with van der Waals surface area (Å²) in [5.74, 6) is 0.452. The summed E-state index contributed by atoms with van der Waals surface area (Å²) in [5.41, 5.74) is 7.74. The summed E-state index contributed by atoms with van der Waals surface area (Å²) in [4.78, 5) is 30.9. The fourth-order valence-electron chi connectivity index (χ4n) is 3.20. The lowest BCUT2D eigenvalue weighted by Gasteiger charge is -2.32. The van der Waals surface area contributed by atoms with E-state index in [0.29, 0.717) is 11.7 Å². The zero-order valence-electron chi connectivity index (χ0n) is 14.1. The van der Waals surface area contributed by atoms with E-state index < -0.39 is 5.91 Å². The topological polar surface area (TPSA) is 97.9 Å². The summed E-state index contributed by atoms with van der Waals surface area (Å²) in [5, 5.41) is 3.26. The number of anilines is 1. The Morgan fingerprint density at radius 3 is 2.58 bits per heavy atom. The molecule has 0 unspecified atom stereocenters. The summed E-state index contributed by atoms with van der Waals surface area (Å²) < 4.78 is 0. The van der Waals surface area contributed by atoms with Crippen LogP contribution >= 0.6 is 11.3 Å². The van der Waals surface area contributed by atoms with Crippen LogP contribution in [-0.4, -0.2) is 38.9 Å². The highest BCUT2D eigenvalue weighted by Gasteiger charge is 2.26. The molecule has 0 atom stereocenters. The molecule has 0 saturated carbocycles. The second kappa shape index (κ2) is 7.17. The number of nitrogens with zero attached hydrogens (tertiary/aromatic N) is 5. The Morgan fingerprint density at radius 1 is 1.12 bits per heavy atom. The molecule has 0 bridgehead atoms. The van der Waals surface area contributed by atoms with Crippen molar-refractivity contribution in [3.05, 3.63) is 53.0 Å². The fourth-order valence-corrected chi connectivity index (χ4v) is 4.20. The molecule has 0 aliphatic carbocycles. The monoisotopic (exact) mass is 366 g/mol. The van der Waals surface area contributed by atoms with Crippen LogP contribution in [0.3, 0.4) is 0 Å². The third kappa shape index (κ3) is 3.28. The molecule has 3 aromatic rings. The number of primary amides is 1. The van der Waals surface area contributed by atoms with Gasteiger partial charge in [-0.1, -0.05) is 0 Å². The molecule has 1 aliphatic heterocycles. The summed E-state index contributed by atoms with van der Waals surface area (Å²) >= 11 is 1.70. The lowest BCUT2D eigenvalue weighted by Crippen LogP contribution is -2.35. The predicted octanol–water partition coefficient (Wildman–Crippen LogP) is 2.48. The van der Waals surface area contributed by atoms with Crippen LogP contribution in [0, 0.1) is 0 Å². The summed E-state index contributed by atoms with van der Waals surface area (Å²) in [7, 11) is 0. The molecule has 0 spiro atoms. The number of thiazole rings is 1. The van der Waals surface area contributed by atoms with Crippen molar-refractivity contribution in [1.29, 1.82) is 0 Å². The standard InChI is InChI=1S/C18H18N6OS/c19-16(25)15-17(22-8-7-21-15)24-9-3-13(4-10-24)18-23-14(11-26-18)12-1-5-20-6-2-12/h1-2,5-8,11,13H,3-4,9-10H2,(H2,19,25). The maximum atomic E-state index is 11.6. The summed E-state index contributed by atoms with van der Waals surface area (Å²) in [6, 6.07) is 3.95. The number of piperidine rings is 1. The Kier molecular flexibility index (Phi) is 4.57. The Hall–Kier alpha value is -2.87. The minimum atomic E-state index is -0.544. The third-order valence-electron chi connectivity index (χ3n) is 4.55. The molecular weight excluding hydrogens is 348 g/mol. The second-order valence-corrected chi connectivity index (χ2v) is 7.05. The van der Waals surface area contributed by atoms with Crippen LogP contribution in [0.4, 0.5) is 5.82 Å². The lowest BCUT2D eigenvalue weighted by molar-refractivity contribution is 0.0995. The second-order valence-electron chi connectivity index (χ2n) is 6.16. The number of carbonyl (C=O) groups excluding carboxylic acids is 1. The van der Waals surface area contributed by atoms with E-state index in [1.54, 1.807) is 29.9 Å². The van der Waals surface area contributed by atoms with Crippen molar-refractivity contribution < 1.29 is 4.79 Å². The first-order chi connectivity index (χ1) is 12.7. The first kappa shape index (κ1) is 16.6. The zero-order chi connectivity index (χ0) is 17.9. The van der Waals surface area contributed by atoms with Gasteiger partial charge in [0, 0.05) is 54.7 Å². The van der Waals surface area contributed by atoms with Crippen molar-refractivity contribution in [2.45, 2.75) is 18.8 Å². The van der Waals surface area contributed by atoms with Gasteiger partial charge in [-0.05, 0) is 25.0 Å². The normalized spacial score (nSPS) is 15.2. The number of aromatic nitrogens is 4. The molecule has 132 valence electrons. The van der Waals surface area contributed by atoms with Crippen molar-refractivity contribution in [2.75, 3.05) is 18.0 Å². The van der Waals surface area contributed by atoms with E-state index in [0.717, 1.165) is 42.2 Å². The predicted molar refractivity (Wildman–Crippen MR) is 100 cm³/mol. The number of hydrogen-bond donors (Lipinski definition) is 1. The van der Waals surface area contributed by atoms with Crippen LogP contribution in [0.5, 0.6) is 0 Å². The van der Waals surface area contributed by atoms with E-state index >= 15 is 0 Å². The molecule has 0 aromatic carbocycles. The van der Waals surface area contributed by atoms with Gasteiger partial charge in [0.2, 0.25) is 0 Å². The minimum Gasteiger partial charge on any atom is -0.364 e. The number of hydrogen-bond acceptors (Lipinski definition) is 7. The van der Waals surface area contributed by atoms with Gasteiger partial charge in [0.25, 0.3) is 5.91 Å². The van der Waals surface area contributed by atoms with E-state index in [1.807, 2.05) is 12.1 Å². The summed E-state index contributed by atoms with van der Waals surface area (Å²) in [6.45, 7) is 1.60. The van der Waals surface area contributed by atoms with Gasteiger partial charge in [0.15, 0.2) is 11.5 Å². The van der Waals surface area contributed by atoms with Crippen LogP contribution in [0.15, 0.2) is 42.3 Å². The van der Waals surface area contributed by atoms with Gasteiger partial charge in [-0.2, -0.15) is 0 Å². The number of carbonyl (C=O) groups is 1.